The Bertz CT molecular complexity index is 93.0. The summed E-state index contributed by atoms with van der Waals surface area (Å²) >= 11 is 0. The first-order chi connectivity index (χ1) is 5.34. The van der Waals surface area contributed by atoms with E-state index in [9.17, 15) is 5.11 Å². The summed E-state index contributed by atoms with van der Waals surface area (Å²) in [4.78, 5) is 0. The Morgan fingerprint density at radius 3 is 2.18 bits per heavy atom. The molecule has 1 atom stereocenters. The van der Waals surface area contributed by atoms with Crippen molar-refractivity contribution in [1.29, 1.82) is 0 Å². The maximum absolute atomic E-state index is 9.61. The Balaban J connectivity index is 2.30. The van der Waals surface area contributed by atoms with Gasteiger partial charge >= 0.3 is 0 Å². The smallest absolute Gasteiger partial charge is 0.0565 e. The van der Waals surface area contributed by atoms with Gasteiger partial charge in [0, 0.05) is 0 Å². The lowest BCUT2D eigenvalue weighted by Crippen LogP contribution is -2.18. The maximum atomic E-state index is 9.61. The Morgan fingerprint density at radius 2 is 1.73 bits per heavy atom. The molecule has 1 rings (SSSR count). The lowest BCUT2D eigenvalue weighted by Gasteiger charge is -2.19. The van der Waals surface area contributed by atoms with Crippen LogP contribution >= 0.6 is 0 Å². The Hall–Kier alpha value is -0.0400. The topological polar surface area (TPSA) is 20.2 Å². The van der Waals surface area contributed by atoms with Crippen molar-refractivity contribution in [3.8, 4) is 0 Å². The third kappa shape index (κ3) is 2.82. The van der Waals surface area contributed by atoms with Crippen molar-refractivity contribution >= 4 is 0 Å². The molecule has 0 saturated heterocycles. The average Bonchev–Trinajstić information content (AvgIpc) is 2.30. The van der Waals surface area contributed by atoms with Crippen LogP contribution < -0.4 is 0 Å². The Kier molecular flexibility index (Phi) is 3.92. The van der Waals surface area contributed by atoms with Crippen molar-refractivity contribution in [3.63, 3.8) is 0 Å². The molecule has 1 heteroatoms. The van der Waals surface area contributed by atoms with Crippen molar-refractivity contribution < 1.29 is 5.11 Å². The summed E-state index contributed by atoms with van der Waals surface area (Å²) < 4.78 is 0. The molecule has 1 fully saturated rings. The highest BCUT2D eigenvalue weighted by molar-refractivity contribution is 4.70. The molecule has 0 aromatic rings. The van der Waals surface area contributed by atoms with Crippen molar-refractivity contribution in [2.24, 2.45) is 5.92 Å². The predicted octanol–water partition coefficient (Wildman–Crippen LogP) is 2.73. The van der Waals surface area contributed by atoms with E-state index in [0.29, 0.717) is 5.92 Å². The van der Waals surface area contributed by atoms with E-state index >= 15 is 0 Å². The Labute approximate surface area is 69.8 Å². The van der Waals surface area contributed by atoms with E-state index in [2.05, 4.69) is 6.92 Å². The molecule has 0 bridgehead atoms. The van der Waals surface area contributed by atoms with Crippen molar-refractivity contribution in [2.45, 2.75) is 58.0 Å². The first-order valence-electron chi connectivity index (χ1n) is 5.02. The number of aliphatic hydroxyl groups is 1. The van der Waals surface area contributed by atoms with E-state index in [1.807, 2.05) is 0 Å². The van der Waals surface area contributed by atoms with Crippen LogP contribution in [0.25, 0.3) is 0 Å². The lowest BCUT2D eigenvalue weighted by molar-refractivity contribution is 0.0948. The summed E-state index contributed by atoms with van der Waals surface area (Å²) in [5, 5.41) is 9.61. The van der Waals surface area contributed by atoms with E-state index < -0.39 is 0 Å². The molecule has 1 nitrogen and oxygen atoms in total. The summed E-state index contributed by atoms with van der Waals surface area (Å²) in [5.74, 6) is 0.613. The second-order valence-electron chi connectivity index (χ2n) is 3.73. The molecule has 0 heterocycles. The summed E-state index contributed by atoms with van der Waals surface area (Å²) in [6.45, 7) is 2.08. The van der Waals surface area contributed by atoms with Gasteiger partial charge in [-0.3, -0.25) is 0 Å². The van der Waals surface area contributed by atoms with Gasteiger partial charge in [0.25, 0.3) is 0 Å². The molecule has 1 aliphatic rings. The molecule has 0 radical (unpaired) electrons. The number of hydrogen-bond donors (Lipinski definition) is 1. The Morgan fingerprint density at radius 1 is 1.18 bits per heavy atom. The van der Waals surface area contributed by atoms with Crippen LogP contribution in [0.3, 0.4) is 0 Å². The fourth-order valence-corrected chi connectivity index (χ4v) is 2.03. The normalized spacial score (nSPS) is 24.5. The lowest BCUT2D eigenvalue weighted by atomic mass is 9.93. The second-order valence-corrected chi connectivity index (χ2v) is 3.73. The third-order valence-corrected chi connectivity index (χ3v) is 2.86. The average molecular weight is 156 g/mol. The number of hydrogen-bond acceptors (Lipinski definition) is 1. The maximum Gasteiger partial charge on any atom is 0.0565 e. The highest BCUT2D eigenvalue weighted by Crippen LogP contribution is 2.26. The molecular weight excluding hydrogens is 136 g/mol. The molecule has 11 heavy (non-hydrogen) atoms. The summed E-state index contributed by atoms with van der Waals surface area (Å²) in [6.07, 6.45) is 8.87. The van der Waals surface area contributed by atoms with E-state index in [1.54, 1.807) is 0 Å². The van der Waals surface area contributed by atoms with Gasteiger partial charge < -0.3 is 5.11 Å². The molecule has 1 saturated carbocycles. The highest BCUT2D eigenvalue weighted by Gasteiger charge is 2.18. The summed E-state index contributed by atoms with van der Waals surface area (Å²) in [5.41, 5.74) is 0. The quantitative estimate of drug-likeness (QED) is 0.609. The van der Waals surface area contributed by atoms with Gasteiger partial charge in [-0.1, -0.05) is 32.6 Å². The summed E-state index contributed by atoms with van der Waals surface area (Å²) in [7, 11) is 0. The first-order valence-corrected chi connectivity index (χ1v) is 5.02. The van der Waals surface area contributed by atoms with Crippen LogP contribution in [0.2, 0.25) is 0 Å². The van der Waals surface area contributed by atoms with Crippen LogP contribution in [0.5, 0.6) is 0 Å². The fourth-order valence-electron chi connectivity index (χ4n) is 2.03. The standard InChI is InChI=1S/C10H20O/c1-2-10(11)9-7-5-3-4-6-8-9/h9-11H,2-8H2,1H3/t10-/m1/s1. The summed E-state index contributed by atoms with van der Waals surface area (Å²) in [6, 6.07) is 0. The molecule has 0 aliphatic heterocycles. The minimum atomic E-state index is -0.0203. The molecule has 66 valence electrons. The molecule has 1 aliphatic carbocycles. The molecule has 1 N–H and O–H groups in total. The molecule has 0 unspecified atom stereocenters. The van der Waals surface area contributed by atoms with Crippen LogP contribution in [-0.4, -0.2) is 11.2 Å². The van der Waals surface area contributed by atoms with Crippen molar-refractivity contribution in [3.05, 3.63) is 0 Å². The largest absolute Gasteiger partial charge is 0.393 e. The van der Waals surface area contributed by atoms with Crippen molar-refractivity contribution in [2.75, 3.05) is 0 Å². The zero-order chi connectivity index (χ0) is 8.10. The van der Waals surface area contributed by atoms with Gasteiger partial charge in [0.2, 0.25) is 0 Å². The molecule has 0 amide bonds. The van der Waals surface area contributed by atoms with E-state index in [1.165, 1.54) is 38.5 Å². The van der Waals surface area contributed by atoms with Crippen LogP contribution in [0, 0.1) is 5.92 Å². The number of rotatable bonds is 2. The van der Waals surface area contributed by atoms with E-state index in [4.69, 9.17) is 0 Å². The molecule has 0 spiro atoms. The van der Waals surface area contributed by atoms with Gasteiger partial charge in [0.15, 0.2) is 0 Å². The van der Waals surface area contributed by atoms with Gasteiger partial charge in [-0.15, -0.1) is 0 Å². The van der Waals surface area contributed by atoms with Crippen LogP contribution in [0.15, 0.2) is 0 Å². The van der Waals surface area contributed by atoms with Gasteiger partial charge in [0.05, 0.1) is 6.10 Å². The third-order valence-electron chi connectivity index (χ3n) is 2.86. The molecule has 0 aromatic heterocycles. The predicted molar refractivity (Wildman–Crippen MR) is 47.5 cm³/mol. The zero-order valence-electron chi connectivity index (χ0n) is 7.55. The molecule has 0 aromatic carbocycles. The van der Waals surface area contributed by atoms with Crippen LogP contribution in [0.4, 0.5) is 0 Å². The van der Waals surface area contributed by atoms with Crippen LogP contribution in [0.1, 0.15) is 51.9 Å². The zero-order valence-corrected chi connectivity index (χ0v) is 7.55. The highest BCUT2D eigenvalue weighted by atomic mass is 16.3. The first kappa shape index (κ1) is 9.05. The minimum Gasteiger partial charge on any atom is -0.393 e. The molecular formula is C10H20O. The van der Waals surface area contributed by atoms with Gasteiger partial charge in [-0.05, 0) is 25.2 Å². The van der Waals surface area contributed by atoms with E-state index in [0.717, 1.165) is 6.42 Å². The SMILES string of the molecule is CC[C@@H](O)C1CCCCCC1. The van der Waals surface area contributed by atoms with E-state index in [-0.39, 0.29) is 6.10 Å². The monoisotopic (exact) mass is 156 g/mol. The minimum absolute atomic E-state index is 0.0203. The fraction of sp³-hybridized carbons (Fsp3) is 1.00. The van der Waals surface area contributed by atoms with Gasteiger partial charge in [-0.2, -0.15) is 0 Å². The second kappa shape index (κ2) is 4.76. The number of aliphatic hydroxyl groups excluding tert-OH is 1. The van der Waals surface area contributed by atoms with Crippen molar-refractivity contribution in [1.82, 2.24) is 0 Å². The van der Waals surface area contributed by atoms with Gasteiger partial charge in [-0.25, -0.2) is 0 Å². The van der Waals surface area contributed by atoms with Crippen LogP contribution in [-0.2, 0) is 0 Å². The van der Waals surface area contributed by atoms with Gasteiger partial charge in [0.1, 0.15) is 0 Å².